The van der Waals surface area contributed by atoms with E-state index in [9.17, 15) is 0 Å². The van der Waals surface area contributed by atoms with E-state index in [-0.39, 0.29) is 24.4 Å². The van der Waals surface area contributed by atoms with Crippen LogP contribution in [0, 0.1) is 0 Å². The normalized spacial score (nSPS) is 12.6. The molecule has 0 saturated heterocycles. The second-order valence-electron chi connectivity index (χ2n) is 6.65. The van der Waals surface area contributed by atoms with Gasteiger partial charge in [0.25, 0.3) is 0 Å². The van der Waals surface area contributed by atoms with E-state index in [2.05, 4.69) is 18.2 Å². The van der Waals surface area contributed by atoms with Crippen molar-refractivity contribution in [1.82, 2.24) is 0 Å². The molecule has 1 rings (SSSR count). The van der Waals surface area contributed by atoms with Crippen LogP contribution in [0.3, 0.4) is 0 Å². The molecule has 0 aromatic heterocycles. The van der Waals surface area contributed by atoms with Crippen LogP contribution in [0.1, 0.15) is 55.4 Å². The van der Waals surface area contributed by atoms with Gasteiger partial charge < -0.3 is 18.1 Å². The van der Waals surface area contributed by atoms with Gasteiger partial charge in [0.1, 0.15) is 0 Å². The highest BCUT2D eigenvalue weighted by atomic mass is 31.2. The zero-order valence-corrected chi connectivity index (χ0v) is 17.9. The Labute approximate surface area is 150 Å². The summed E-state index contributed by atoms with van der Waals surface area (Å²) in [5, 5.41) is 2.11. The number of rotatable bonds is 10. The summed E-state index contributed by atoms with van der Waals surface area (Å²) in [7, 11) is -2.23. The largest absolute Gasteiger partial charge is 0.328 e. The van der Waals surface area contributed by atoms with Crippen molar-refractivity contribution in [3.05, 3.63) is 24.3 Å². The molecule has 0 bridgehead atoms. The fraction of sp³-hybridized carbons (Fsp3) is 0.667. The summed E-state index contributed by atoms with van der Waals surface area (Å²) in [5.41, 5.74) is 0. The lowest BCUT2D eigenvalue weighted by Crippen LogP contribution is -2.19. The monoisotopic (exact) mass is 374 g/mol. The predicted octanol–water partition coefficient (Wildman–Crippen LogP) is 5.26. The summed E-state index contributed by atoms with van der Waals surface area (Å²) in [5.74, 6) is 0. The van der Waals surface area contributed by atoms with Gasteiger partial charge >= 0.3 is 0 Å². The Bertz CT molecular complexity index is 419. The maximum Gasteiger partial charge on any atom is 0.205 e. The third kappa shape index (κ3) is 8.34. The van der Waals surface area contributed by atoms with Gasteiger partial charge in [0.2, 0.25) is 16.8 Å². The summed E-state index contributed by atoms with van der Waals surface area (Å²) < 4.78 is 24.0. The van der Waals surface area contributed by atoms with Gasteiger partial charge in [-0.05, 0) is 73.6 Å². The molecule has 0 atom stereocenters. The Kier molecular flexibility index (Phi) is 9.89. The van der Waals surface area contributed by atoms with Crippen LogP contribution in [0.25, 0.3) is 0 Å². The summed E-state index contributed by atoms with van der Waals surface area (Å²) in [6, 6.07) is 8.24. The van der Waals surface area contributed by atoms with E-state index in [0.717, 1.165) is 10.6 Å². The van der Waals surface area contributed by atoms with Crippen LogP contribution in [0.2, 0.25) is 0 Å². The Morgan fingerprint density at radius 1 is 0.583 bits per heavy atom. The third-order valence-corrected chi connectivity index (χ3v) is 6.33. The second kappa shape index (κ2) is 10.8. The number of hydrogen-bond acceptors (Lipinski definition) is 4. The van der Waals surface area contributed by atoms with Crippen molar-refractivity contribution in [2.24, 2.45) is 0 Å². The zero-order valence-electron chi connectivity index (χ0n) is 16.1. The van der Waals surface area contributed by atoms with Gasteiger partial charge in [0, 0.05) is 10.6 Å². The first kappa shape index (κ1) is 22.0. The van der Waals surface area contributed by atoms with Gasteiger partial charge in [-0.25, -0.2) is 0 Å². The fourth-order valence-electron chi connectivity index (χ4n) is 1.78. The van der Waals surface area contributed by atoms with Gasteiger partial charge in [-0.2, -0.15) is 0 Å². The average Bonchev–Trinajstić information content (AvgIpc) is 2.44. The molecule has 6 heteroatoms. The van der Waals surface area contributed by atoms with Crippen LogP contribution in [0.15, 0.2) is 24.3 Å². The van der Waals surface area contributed by atoms with Crippen LogP contribution >= 0.6 is 16.8 Å². The minimum atomic E-state index is -1.12. The van der Waals surface area contributed by atoms with Gasteiger partial charge in [-0.15, -0.1) is 0 Å². The molecule has 4 nitrogen and oxygen atoms in total. The fourth-order valence-corrected chi connectivity index (χ4v) is 4.90. The number of hydrogen-bond donors (Lipinski definition) is 0. The molecular formula is C18H32O4P2. The van der Waals surface area contributed by atoms with Crippen molar-refractivity contribution in [1.29, 1.82) is 0 Å². The van der Waals surface area contributed by atoms with E-state index >= 15 is 0 Å². The Hall–Kier alpha value is -0.0800. The molecule has 0 heterocycles. The third-order valence-electron chi connectivity index (χ3n) is 2.48. The van der Waals surface area contributed by atoms with Gasteiger partial charge in [-0.1, -0.05) is 6.07 Å². The molecule has 138 valence electrons. The van der Waals surface area contributed by atoms with Crippen molar-refractivity contribution in [3.8, 4) is 0 Å². The zero-order chi connectivity index (χ0) is 18.3. The molecule has 0 N–H and O–H groups in total. The van der Waals surface area contributed by atoms with Gasteiger partial charge in [0.15, 0.2) is 0 Å². The van der Waals surface area contributed by atoms with Crippen LogP contribution in [0.5, 0.6) is 0 Å². The molecule has 0 saturated carbocycles. The Morgan fingerprint density at radius 3 is 1.12 bits per heavy atom. The van der Waals surface area contributed by atoms with E-state index in [4.69, 9.17) is 18.1 Å². The lowest BCUT2D eigenvalue weighted by Gasteiger charge is -2.25. The van der Waals surface area contributed by atoms with E-state index in [1.54, 1.807) is 0 Å². The Morgan fingerprint density at radius 2 is 0.875 bits per heavy atom. The van der Waals surface area contributed by atoms with Crippen molar-refractivity contribution in [2.45, 2.75) is 79.8 Å². The van der Waals surface area contributed by atoms with Gasteiger partial charge in [0.05, 0.1) is 24.4 Å². The summed E-state index contributed by atoms with van der Waals surface area (Å²) in [4.78, 5) is 0. The minimum Gasteiger partial charge on any atom is -0.328 e. The standard InChI is InChI=1S/C18H32O4P2/c1-13(2)19-23(20-14(3)4)17-10-9-11-18(12-17)24(21-15(5)6)22-16(7)8/h9-16H,1-8H3. The van der Waals surface area contributed by atoms with E-state index in [0.29, 0.717) is 0 Å². The first-order valence-electron chi connectivity index (χ1n) is 8.56. The van der Waals surface area contributed by atoms with Crippen LogP contribution in [0.4, 0.5) is 0 Å². The highest BCUT2D eigenvalue weighted by Gasteiger charge is 2.22. The van der Waals surface area contributed by atoms with Crippen LogP contribution < -0.4 is 10.6 Å². The van der Waals surface area contributed by atoms with Crippen LogP contribution in [-0.2, 0) is 18.1 Å². The van der Waals surface area contributed by atoms with Crippen LogP contribution in [-0.4, -0.2) is 24.4 Å². The van der Waals surface area contributed by atoms with E-state index in [1.165, 1.54) is 0 Å². The first-order chi connectivity index (χ1) is 11.2. The SMILES string of the molecule is CC(C)OP(OC(C)C)c1cccc(P(OC(C)C)OC(C)C)c1. The van der Waals surface area contributed by atoms with E-state index < -0.39 is 16.8 Å². The van der Waals surface area contributed by atoms with E-state index in [1.807, 2.05) is 61.5 Å². The molecule has 24 heavy (non-hydrogen) atoms. The molecule has 0 spiro atoms. The molecule has 0 aliphatic heterocycles. The molecule has 0 unspecified atom stereocenters. The second-order valence-corrected chi connectivity index (χ2v) is 9.56. The van der Waals surface area contributed by atoms with Crippen molar-refractivity contribution < 1.29 is 18.1 Å². The summed E-state index contributed by atoms with van der Waals surface area (Å²) >= 11 is 0. The molecule has 0 amide bonds. The first-order valence-corrected chi connectivity index (χ1v) is 10.9. The molecule has 1 aromatic carbocycles. The lowest BCUT2D eigenvalue weighted by atomic mass is 10.4. The molecule has 0 aliphatic carbocycles. The predicted molar refractivity (Wildman–Crippen MR) is 104 cm³/mol. The topological polar surface area (TPSA) is 36.9 Å². The molecule has 0 radical (unpaired) electrons. The minimum absolute atomic E-state index is 0.110. The average molecular weight is 374 g/mol. The number of benzene rings is 1. The Balaban J connectivity index is 3.06. The van der Waals surface area contributed by atoms with Gasteiger partial charge in [-0.3, -0.25) is 0 Å². The summed E-state index contributed by atoms with van der Waals surface area (Å²) in [6.45, 7) is 16.2. The maximum atomic E-state index is 6.01. The van der Waals surface area contributed by atoms with Crippen molar-refractivity contribution in [3.63, 3.8) is 0 Å². The molecule has 0 aliphatic rings. The molecule has 0 fully saturated rings. The van der Waals surface area contributed by atoms with Crippen molar-refractivity contribution in [2.75, 3.05) is 0 Å². The quantitative estimate of drug-likeness (QED) is 0.524. The molecule has 1 aromatic rings. The lowest BCUT2D eigenvalue weighted by molar-refractivity contribution is 0.183. The smallest absolute Gasteiger partial charge is 0.205 e. The maximum absolute atomic E-state index is 6.01. The summed E-state index contributed by atoms with van der Waals surface area (Å²) in [6.07, 6.45) is 0.440. The molecular weight excluding hydrogens is 342 g/mol. The van der Waals surface area contributed by atoms with Crippen molar-refractivity contribution >= 4 is 27.4 Å². The highest BCUT2D eigenvalue weighted by Crippen LogP contribution is 2.43. The highest BCUT2D eigenvalue weighted by molar-refractivity contribution is 7.57.